The average Bonchev–Trinajstić information content (AvgIpc) is 3.05. The Morgan fingerprint density at radius 1 is 1.10 bits per heavy atom. The third kappa shape index (κ3) is 2.04. The van der Waals surface area contributed by atoms with Gasteiger partial charge in [0.1, 0.15) is 0 Å². The third-order valence-electron chi connectivity index (χ3n) is 7.61. The maximum Gasteiger partial charge on any atom is 0.228 e. The van der Waals surface area contributed by atoms with Gasteiger partial charge in [-0.3, -0.25) is 4.79 Å². The van der Waals surface area contributed by atoms with Crippen LogP contribution in [0.15, 0.2) is 73.8 Å². The lowest BCUT2D eigenvalue weighted by Crippen LogP contribution is -2.59. The molecule has 4 atom stereocenters. The summed E-state index contributed by atoms with van der Waals surface area (Å²) < 4.78 is 6.03. The molecule has 2 aromatic rings. The molecule has 4 aliphatic rings. The van der Waals surface area contributed by atoms with E-state index in [-0.39, 0.29) is 35.8 Å². The number of benzene rings is 2. The number of rotatable bonds is 5. The van der Waals surface area contributed by atoms with Gasteiger partial charge < -0.3 is 9.64 Å². The number of likely N-dealkylation sites (tertiary alicyclic amines) is 1. The van der Waals surface area contributed by atoms with Crippen molar-refractivity contribution in [3.05, 3.63) is 96.1 Å². The molecule has 0 N–H and O–H groups in total. The van der Waals surface area contributed by atoms with Gasteiger partial charge in [-0.2, -0.15) is 0 Å². The highest BCUT2D eigenvalue weighted by molar-refractivity contribution is 5.88. The number of amides is 1. The van der Waals surface area contributed by atoms with Crippen LogP contribution in [0.5, 0.6) is 0 Å². The minimum atomic E-state index is -0.504. The normalized spacial score (nSPS) is 32.3. The van der Waals surface area contributed by atoms with Crippen molar-refractivity contribution in [2.75, 3.05) is 13.7 Å². The summed E-state index contributed by atoms with van der Waals surface area (Å²) in [6, 6.07) is 17.3. The van der Waals surface area contributed by atoms with Gasteiger partial charge in [-0.05, 0) is 29.2 Å². The monoisotopic (exact) mass is 385 g/mol. The molecule has 0 radical (unpaired) electrons. The number of hydrogen-bond donors (Lipinski definition) is 0. The van der Waals surface area contributed by atoms with Crippen molar-refractivity contribution in [1.29, 1.82) is 0 Å². The van der Waals surface area contributed by atoms with Crippen molar-refractivity contribution in [1.82, 2.24) is 4.90 Å². The molecule has 1 amide bonds. The van der Waals surface area contributed by atoms with E-state index in [1.54, 1.807) is 7.11 Å². The predicted molar refractivity (Wildman–Crippen MR) is 115 cm³/mol. The van der Waals surface area contributed by atoms with Crippen molar-refractivity contribution in [2.45, 2.75) is 30.4 Å². The zero-order valence-electron chi connectivity index (χ0n) is 17.0. The Labute approximate surface area is 172 Å². The van der Waals surface area contributed by atoms with Gasteiger partial charge in [0.2, 0.25) is 5.91 Å². The molecule has 1 saturated heterocycles. The molecule has 0 aromatic heterocycles. The summed E-state index contributed by atoms with van der Waals surface area (Å²) in [5.41, 5.74) is 4.65. The first-order valence-corrected chi connectivity index (χ1v) is 10.4. The van der Waals surface area contributed by atoms with Gasteiger partial charge in [-0.15, -0.1) is 13.2 Å². The maximum absolute atomic E-state index is 13.9. The summed E-state index contributed by atoms with van der Waals surface area (Å²) in [6.07, 6.45) is 3.64. The molecule has 2 aromatic carbocycles. The summed E-state index contributed by atoms with van der Waals surface area (Å²) in [5, 5.41) is 0. The summed E-state index contributed by atoms with van der Waals surface area (Å²) in [4.78, 5) is 15.9. The van der Waals surface area contributed by atoms with Crippen LogP contribution in [0.25, 0.3) is 0 Å². The molecule has 1 fully saturated rings. The van der Waals surface area contributed by atoms with Crippen LogP contribution in [0.2, 0.25) is 0 Å². The fourth-order valence-electron chi connectivity index (χ4n) is 6.65. The van der Waals surface area contributed by atoms with Crippen molar-refractivity contribution in [2.24, 2.45) is 11.8 Å². The Bertz CT molecular complexity index is 962. The van der Waals surface area contributed by atoms with Crippen LogP contribution >= 0.6 is 0 Å². The number of nitrogens with zero attached hydrogens (tertiary/aromatic N) is 1. The van der Waals surface area contributed by atoms with E-state index >= 15 is 0 Å². The van der Waals surface area contributed by atoms with E-state index in [9.17, 15) is 4.79 Å². The largest absolute Gasteiger partial charge is 0.380 e. The van der Waals surface area contributed by atoms with Crippen molar-refractivity contribution in [3.8, 4) is 0 Å². The van der Waals surface area contributed by atoms with Crippen LogP contribution in [0.4, 0.5) is 0 Å². The zero-order valence-corrected chi connectivity index (χ0v) is 17.0. The number of carbonyl (C=O) groups is 1. The second-order valence-electron chi connectivity index (χ2n) is 8.46. The Kier molecular flexibility index (Phi) is 4.08. The molecule has 1 heterocycles. The lowest BCUT2D eigenvalue weighted by molar-refractivity contribution is -0.135. The van der Waals surface area contributed by atoms with Gasteiger partial charge in [-0.1, -0.05) is 60.7 Å². The van der Waals surface area contributed by atoms with Gasteiger partial charge in [-0.25, -0.2) is 0 Å². The topological polar surface area (TPSA) is 29.5 Å². The van der Waals surface area contributed by atoms with E-state index in [1.807, 2.05) is 17.1 Å². The fraction of sp³-hybridized carbons (Fsp3) is 0.346. The molecular formula is C26H27NO2. The molecule has 3 nitrogen and oxygen atoms in total. The SMILES string of the molecule is C=CCN1C(=O)[C@H]2[C@H](C3c4ccccc4C2(C(C)OC)c2ccccc23)C1C=C. The van der Waals surface area contributed by atoms with Crippen molar-refractivity contribution in [3.63, 3.8) is 0 Å². The first-order valence-electron chi connectivity index (χ1n) is 10.4. The number of hydrogen-bond acceptors (Lipinski definition) is 2. The lowest BCUT2D eigenvalue weighted by Gasteiger charge is -2.57. The predicted octanol–water partition coefficient (Wildman–Crippen LogP) is 4.28. The molecule has 6 rings (SSSR count). The molecule has 2 bridgehead atoms. The Morgan fingerprint density at radius 3 is 2.21 bits per heavy atom. The van der Waals surface area contributed by atoms with E-state index in [0.717, 1.165) is 0 Å². The maximum atomic E-state index is 13.9. The molecule has 3 aliphatic carbocycles. The van der Waals surface area contributed by atoms with Gasteiger partial charge in [0.15, 0.2) is 0 Å². The Balaban J connectivity index is 1.89. The molecule has 2 unspecified atom stereocenters. The van der Waals surface area contributed by atoms with Gasteiger partial charge in [0.05, 0.1) is 23.5 Å². The minimum Gasteiger partial charge on any atom is -0.380 e. The average molecular weight is 386 g/mol. The van der Waals surface area contributed by atoms with E-state index < -0.39 is 5.41 Å². The molecule has 0 saturated carbocycles. The van der Waals surface area contributed by atoms with Gasteiger partial charge >= 0.3 is 0 Å². The Hall–Kier alpha value is -2.65. The number of carbonyl (C=O) groups excluding carboxylic acids is 1. The number of ether oxygens (including phenoxy) is 1. The fourth-order valence-corrected chi connectivity index (χ4v) is 6.65. The zero-order chi connectivity index (χ0) is 20.3. The van der Waals surface area contributed by atoms with Crippen LogP contribution in [0.3, 0.4) is 0 Å². The summed E-state index contributed by atoms with van der Waals surface area (Å²) in [6.45, 7) is 10.7. The van der Waals surface area contributed by atoms with E-state index in [2.05, 4.69) is 68.6 Å². The second-order valence-corrected chi connectivity index (χ2v) is 8.46. The van der Waals surface area contributed by atoms with Gasteiger partial charge in [0.25, 0.3) is 0 Å². The summed E-state index contributed by atoms with van der Waals surface area (Å²) >= 11 is 0. The van der Waals surface area contributed by atoms with E-state index in [0.29, 0.717) is 6.54 Å². The van der Waals surface area contributed by atoms with Crippen LogP contribution in [0.1, 0.15) is 35.1 Å². The minimum absolute atomic E-state index is 0.0133. The van der Waals surface area contributed by atoms with Crippen LogP contribution in [0, 0.1) is 11.8 Å². The first kappa shape index (κ1) is 18.4. The summed E-state index contributed by atoms with van der Waals surface area (Å²) in [7, 11) is 1.76. The smallest absolute Gasteiger partial charge is 0.228 e. The van der Waals surface area contributed by atoms with Crippen molar-refractivity contribution < 1.29 is 9.53 Å². The van der Waals surface area contributed by atoms with Crippen LogP contribution in [-0.4, -0.2) is 36.6 Å². The summed E-state index contributed by atoms with van der Waals surface area (Å²) in [5.74, 6) is 0.343. The molecule has 3 heteroatoms. The highest BCUT2D eigenvalue weighted by atomic mass is 16.5. The highest BCUT2D eigenvalue weighted by Crippen LogP contribution is 2.66. The molecule has 0 spiro atoms. The molecular weight excluding hydrogens is 358 g/mol. The second kappa shape index (κ2) is 6.43. The third-order valence-corrected chi connectivity index (χ3v) is 7.61. The van der Waals surface area contributed by atoms with Crippen LogP contribution < -0.4 is 0 Å². The first-order chi connectivity index (χ1) is 14.1. The lowest BCUT2D eigenvalue weighted by atomic mass is 9.45. The molecule has 1 aliphatic heterocycles. The molecule has 148 valence electrons. The van der Waals surface area contributed by atoms with Gasteiger partial charge in [0, 0.05) is 25.5 Å². The van der Waals surface area contributed by atoms with Crippen molar-refractivity contribution >= 4 is 5.91 Å². The Morgan fingerprint density at radius 2 is 1.69 bits per heavy atom. The standard InChI is InChI=1S/C26H27NO2/c1-5-15-27-21(6-2)23-22-17-11-7-9-13-19(17)26(16(3)29-4,24(23)25(27)28)20-14-10-8-12-18(20)22/h5-14,16,21-24H,1-2,15H2,3-4H3/t16?,21?,22?,23-,24+,26?/m0/s1. The molecule has 29 heavy (non-hydrogen) atoms. The quantitative estimate of drug-likeness (QED) is 0.719. The van der Waals surface area contributed by atoms with Crippen LogP contribution in [-0.2, 0) is 14.9 Å². The highest BCUT2D eigenvalue weighted by Gasteiger charge is 2.68. The number of methoxy groups -OCH3 is 1. The van der Waals surface area contributed by atoms with E-state index in [4.69, 9.17) is 4.74 Å². The van der Waals surface area contributed by atoms with E-state index in [1.165, 1.54) is 22.3 Å².